The Hall–Kier alpha value is -3.09. The van der Waals surface area contributed by atoms with Gasteiger partial charge in [0.05, 0.1) is 23.8 Å². The molecule has 6 nitrogen and oxygen atoms in total. The van der Waals surface area contributed by atoms with E-state index in [1.807, 2.05) is 50.2 Å². The fourth-order valence-electron chi connectivity index (χ4n) is 3.08. The van der Waals surface area contributed by atoms with E-state index in [1.165, 1.54) is 0 Å². The van der Waals surface area contributed by atoms with Crippen molar-refractivity contribution in [1.29, 1.82) is 0 Å². The molecule has 0 bridgehead atoms. The topological polar surface area (TPSA) is 68.8 Å². The van der Waals surface area contributed by atoms with Crippen molar-refractivity contribution in [2.45, 2.75) is 20.4 Å². The third kappa shape index (κ3) is 6.94. The molecule has 0 aliphatic carbocycles. The van der Waals surface area contributed by atoms with Gasteiger partial charge in [-0.15, -0.1) is 0 Å². The van der Waals surface area contributed by atoms with E-state index in [4.69, 9.17) is 37.4 Å². The molecule has 1 amide bonds. The van der Waals surface area contributed by atoms with Crippen molar-refractivity contribution in [2.75, 3.05) is 31.0 Å². The molecule has 0 aliphatic rings. The maximum absolute atomic E-state index is 12.3. The fraction of sp³-hybridized carbons (Fsp3) is 0.240. The van der Waals surface area contributed by atoms with E-state index in [-0.39, 0.29) is 12.5 Å². The number of halogens is 2. The van der Waals surface area contributed by atoms with Crippen molar-refractivity contribution in [3.8, 4) is 17.2 Å². The van der Waals surface area contributed by atoms with Crippen LogP contribution in [0.5, 0.6) is 17.2 Å². The van der Waals surface area contributed by atoms with Gasteiger partial charge in [0.2, 0.25) is 0 Å². The lowest BCUT2D eigenvalue weighted by Crippen LogP contribution is -2.20. The van der Waals surface area contributed by atoms with Gasteiger partial charge in [-0.05, 0) is 61.9 Å². The minimum atomic E-state index is -0.292. The minimum absolute atomic E-state index is 0.199. The van der Waals surface area contributed by atoms with E-state index in [1.54, 1.807) is 25.3 Å². The number of hydrogen-bond acceptors (Lipinski definition) is 5. The molecule has 174 valence electrons. The monoisotopic (exact) mass is 488 g/mol. The highest BCUT2D eigenvalue weighted by molar-refractivity contribution is 6.32. The van der Waals surface area contributed by atoms with Crippen LogP contribution in [0.4, 0.5) is 11.4 Å². The Bertz CT molecular complexity index is 1100. The van der Waals surface area contributed by atoms with Crippen LogP contribution >= 0.6 is 23.2 Å². The highest BCUT2D eigenvalue weighted by Gasteiger charge is 2.15. The molecule has 0 saturated heterocycles. The minimum Gasteiger partial charge on any atom is -0.495 e. The molecule has 0 heterocycles. The number of ether oxygens (including phenoxy) is 3. The van der Waals surface area contributed by atoms with E-state index in [0.717, 1.165) is 16.8 Å². The first kappa shape index (κ1) is 24.6. The molecule has 3 aromatic carbocycles. The fourth-order valence-corrected chi connectivity index (χ4v) is 3.62. The predicted octanol–water partition coefficient (Wildman–Crippen LogP) is 6.34. The van der Waals surface area contributed by atoms with Gasteiger partial charge >= 0.3 is 0 Å². The van der Waals surface area contributed by atoms with Crippen molar-refractivity contribution in [3.63, 3.8) is 0 Å². The molecule has 0 unspecified atom stereocenters. The second-order valence-corrected chi connectivity index (χ2v) is 8.06. The van der Waals surface area contributed by atoms with E-state index in [0.29, 0.717) is 46.1 Å². The summed E-state index contributed by atoms with van der Waals surface area (Å²) in [6.07, 6.45) is 0. The van der Waals surface area contributed by atoms with Crippen molar-refractivity contribution in [1.82, 2.24) is 0 Å². The highest BCUT2D eigenvalue weighted by Crippen LogP contribution is 2.37. The quantitative estimate of drug-likeness (QED) is 0.348. The zero-order valence-corrected chi connectivity index (χ0v) is 20.2. The zero-order chi connectivity index (χ0) is 23.8. The van der Waals surface area contributed by atoms with E-state index in [2.05, 4.69) is 10.6 Å². The molecule has 0 aromatic heterocycles. The maximum Gasteiger partial charge on any atom is 0.262 e. The summed E-state index contributed by atoms with van der Waals surface area (Å²) in [7, 11) is 1.57. The van der Waals surface area contributed by atoms with Crippen molar-refractivity contribution in [2.24, 2.45) is 0 Å². The first-order valence-electron chi connectivity index (χ1n) is 10.4. The maximum atomic E-state index is 12.3. The van der Waals surface area contributed by atoms with Gasteiger partial charge in [0.1, 0.15) is 5.75 Å². The van der Waals surface area contributed by atoms with Gasteiger partial charge in [0.25, 0.3) is 5.91 Å². The first-order valence-corrected chi connectivity index (χ1v) is 11.2. The van der Waals surface area contributed by atoms with Crippen LogP contribution < -0.4 is 24.8 Å². The average molecular weight is 489 g/mol. The number of benzene rings is 3. The average Bonchev–Trinajstić information content (AvgIpc) is 2.79. The Morgan fingerprint density at radius 2 is 1.64 bits per heavy atom. The van der Waals surface area contributed by atoms with Crippen LogP contribution in [0.3, 0.4) is 0 Å². The van der Waals surface area contributed by atoms with Crippen LogP contribution in [0.1, 0.15) is 18.1 Å². The Balaban J connectivity index is 1.66. The van der Waals surface area contributed by atoms with Crippen LogP contribution in [-0.4, -0.2) is 26.2 Å². The van der Waals surface area contributed by atoms with Crippen molar-refractivity contribution in [3.05, 3.63) is 75.8 Å². The van der Waals surface area contributed by atoms with E-state index < -0.39 is 0 Å². The third-order valence-electron chi connectivity index (χ3n) is 4.70. The number of hydrogen-bond donors (Lipinski definition) is 2. The summed E-state index contributed by atoms with van der Waals surface area (Å²) >= 11 is 12.7. The Kier molecular flexibility index (Phi) is 8.69. The third-order valence-corrected chi connectivity index (χ3v) is 5.28. The summed E-state index contributed by atoms with van der Waals surface area (Å²) in [5, 5.41) is 6.96. The number of amides is 1. The molecular weight excluding hydrogens is 463 g/mol. The van der Waals surface area contributed by atoms with Crippen LogP contribution in [0.25, 0.3) is 0 Å². The van der Waals surface area contributed by atoms with Gasteiger partial charge in [-0.3, -0.25) is 4.79 Å². The summed E-state index contributed by atoms with van der Waals surface area (Å²) in [5.41, 5.74) is 3.53. The number of carbonyl (C=O) groups is 1. The molecule has 2 N–H and O–H groups in total. The normalized spacial score (nSPS) is 10.5. The molecule has 8 heteroatoms. The van der Waals surface area contributed by atoms with Gasteiger partial charge in [-0.1, -0.05) is 40.9 Å². The molecule has 3 aromatic rings. The van der Waals surface area contributed by atoms with E-state index in [9.17, 15) is 4.79 Å². The summed E-state index contributed by atoms with van der Waals surface area (Å²) in [6.45, 7) is 4.56. The summed E-state index contributed by atoms with van der Waals surface area (Å²) in [5.74, 6) is 1.11. The SMILES string of the molecule is CCOc1cc(CNc2ccc(OC)c(Cl)c2)cc(Cl)c1OCC(=O)Nc1ccc(C)cc1. The second-order valence-electron chi connectivity index (χ2n) is 7.24. The van der Waals surface area contributed by atoms with Gasteiger partial charge in [0, 0.05) is 17.9 Å². The molecule has 0 fully saturated rings. The lowest BCUT2D eigenvalue weighted by molar-refractivity contribution is -0.118. The Morgan fingerprint density at radius 1 is 0.909 bits per heavy atom. The molecule has 0 atom stereocenters. The Morgan fingerprint density at radius 3 is 2.30 bits per heavy atom. The smallest absolute Gasteiger partial charge is 0.262 e. The number of anilines is 2. The van der Waals surface area contributed by atoms with E-state index >= 15 is 0 Å². The standard InChI is InChI=1S/C25H26Cl2N2O4/c1-4-32-23-12-17(14-28-19-9-10-22(31-3)20(26)13-19)11-21(27)25(23)33-15-24(30)29-18-7-5-16(2)6-8-18/h5-13,28H,4,14-15H2,1-3H3,(H,29,30). The van der Waals surface area contributed by atoms with Gasteiger partial charge < -0.3 is 24.8 Å². The summed E-state index contributed by atoms with van der Waals surface area (Å²) < 4.78 is 16.6. The van der Waals surface area contributed by atoms with Crippen molar-refractivity contribution >= 4 is 40.5 Å². The second kappa shape index (κ2) is 11.7. The Labute approximate surface area is 203 Å². The number of methoxy groups -OCH3 is 1. The number of rotatable bonds is 10. The largest absolute Gasteiger partial charge is 0.495 e. The van der Waals surface area contributed by atoms with Crippen LogP contribution in [0, 0.1) is 6.92 Å². The molecule has 0 saturated carbocycles. The number of nitrogens with one attached hydrogen (secondary N) is 2. The van der Waals surface area contributed by atoms with Gasteiger partial charge in [0.15, 0.2) is 18.1 Å². The van der Waals surface area contributed by atoms with Crippen LogP contribution in [0.15, 0.2) is 54.6 Å². The molecule has 0 spiro atoms. The highest BCUT2D eigenvalue weighted by atomic mass is 35.5. The molecular formula is C25H26Cl2N2O4. The predicted molar refractivity (Wildman–Crippen MR) is 133 cm³/mol. The number of aryl methyl sites for hydroxylation is 1. The molecule has 0 aliphatic heterocycles. The number of carbonyl (C=O) groups excluding carboxylic acids is 1. The lowest BCUT2D eigenvalue weighted by Gasteiger charge is -2.16. The molecule has 3 rings (SSSR count). The van der Waals surface area contributed by atoms with Crippen LogP contribution in [-0.2, 0) is 11.3 Å². The van der Waals surface area contributed by atoms with Gasteiger partial charge in [-0.2, -0.15) is 0 Å². The van der Waals surface area contributed by atoms with Crippen molar-refractivity contribution < 1.29 is 19.0 Å². The first-order chi connectivity index (χ1) is 15.9. The van der Waals surface area contributed by atoms with Gasteiger partial charge in [-0.25, -0.2) is 0 Å². The van der Waals surface area contributed by atoms with Crippen LogP contribution in [0.2, 0.25) is 10.0 Å². The molecule has 0 radical (unpaired) electrons. The molecule has 33 heavy (non-hydrogen) atoms. The summed E-state index contributed by atoms with van der Waals surface area (Å²) in [4.78, 5) is 12.3. The summed E-state index contributed by atoms with van der Waals surface area (Å²) in [6, 6.07) is 16.6. The zero-order valence-electron chi connectivity index (χ0n) is 18.7. The lowest BCUT2D eigenvalue weighted by atomic mass is 10.2.